The zero-order valence-corrected chi connectivity index (χ0v) is 13.8. The van der Waals surface area contributed by atoms with Crippen molar-refractivity contribution in [2.75, 3.05) is 26.7 Å². The lowest BCUT2D eigenvalue weighted by molar-refractivity contribution is 0.407. The smallest absolute Gasteiger partial charge is 0.241 e. The van der Waals surface area contributed by atoms with Crippen molar-refractivity contribution in [3.63, 3.8) is 0 Å². The van der Waals surface area contributed by atoms with Crippen LogP contribution in [0.3, 0.4) is 0 Å². The molecule has 21 heavy (non-hydrogen) atoms. The van der Waals surface area contributed by atoms with Gasteiger partial charge in [-0.3, -0.25) is 0 Å². The Hall–Kier alpha value is -0.950. The zero-order chi connectivity index (χ0) is 15.5. The van der Waals surface area contributed by atoms with E-state index in [1.54, 1.807) is 6.07 Å². The second-order valence-electron chi connectivity index (χ2n) is 5.75. The van der Waals surface area contributed by atoms with Crippen molar-refractivity contribution in [3.05, 3.63) is 29.3 Å². The fourth-order valence-electron chi connectivity index (χ4n) is 2.63. The van der Waals surface area contributed by atoms with E-state index < -0.39 is 10.0 Å². The highest BCUT2D eigenvalue weighted by atomic mass is 32.2. The Morgan fingerprint density at radius 3 is 2.76 bits per heavy atom. The molecule has 0 bridgehead atoms. The number of benzene rings is 1. The van der Waals surface area contributed by atoms with Gasteiger partial charge >= 0.3 is 0 Å². The van der Waals surface area contributed by atoms with Crippen LogP contribution in [0.1, 0.15) is 24.5 Å². The van der Waals surface area contributed by atoms with E-state index in [0.717, 1.165) is 37.2 Å². The van der Waals surface area contributed by atoms with E-state index in [9.17, 15) is 8.42 Å². The molecule has 1 unspecified atom stereocenters. The number of sulfonamides is 1. The number of nitrogens with one attached hydrogen (secondary N) is 2. The quantitative estimate of drug-likeness (QED) is 0.825. The molecule has 0 saturated carbocycles. The van der Waals surface area contributed by atoms with Crippen molar-refractivity contribution in [1.29, 1.82) is 0 Å². The number of likely N-dealkylation sites (tertiary alicyclic amines) is 1. The van der Waals surface area contributed by atoms with Gasteiger partial charge in [0, 0.05) is 19.1 Å². The van der Waals surface area contributed by atoms with Gasteiger partial charge in [-0.25, -0.2) is 13.1 Å². The van der Waals surface area contributed by atoms with E-state index >= 15 is 0 Å². The molecule has 2 N–H and O–H groups in total. The molecule has 1 aliphatic rings. The molecule has 1 heterocycles. The van der Waals surface area contributed by atoms with Gasteiger partial charge in [-0.15, -0.1) is 0 Å². The van der Waals surface area contributed by atoms with Crippen LogP contribution < -0.4 is 10.0 Å². The molecule has 0 aromatic heterocycles. The first kappa shape index (κ1) is 16.4. The molecule has 1 aromatic carbocycles. The van der Waals surface area contributed by atoms with E-state index in [4.69, 9.17) is 0 Å². The number of hydrogen-bond acceptors (Lipinski definition) is 4. The maximum absolute atomic E-state index is 12.6. The summed E-state index contributed by atoms with van der Waals surface area (Å²) in [5.74, 6) is 0. The Balaban J connectivity index is 2.18. The van der Waals surface area contributed by atoms with E-state index in [-0.39, 0.29) is 6.04 Å². The summed E-state index contributed by atoms with van der Waals surface area (Å²) in [6, 6.07) is 5.64. The molecular weight excluding hydrogens is 286 g/mol. The average Bonchev–Trinajstić information content (AvgIpc) is 2.82. The van der Waals surface area contributed by atoms with Crippen LogP contribution in [-0.2, 0) is 16.6 Å². The Bertz CT molecular complexity index is 587. The summed E-state index contributed by atoms with van der Waals surface area (Å²) in [6.07, 6.45) is 0.867. The molecule has 1 aliphatic heterocycles. The molecular formula is C15H25N3O2S. The van der Waals surface area contributed by atoms with E-state index in [1.807, 2.05) is 33.0 Å². The second-order valence-corrected chi connectivity index (χ2v) is 7.43. The van der Waals surface area contributed by atoms with Gasteiger partial charge in [-0.05, 0) is 50.7 Å². The van der Waals surface area contributed by atoms with Crippen LogP contribution in [0.4, 0.5) is 0 Å². The second kappa shape index (κ2) is 6.87. The van der Waals surface area contributed by atoms with Crippen molar-refractivity contribution >= 4 is 10.0 Å². The van der Waals surface area contributed by atoms with Crippen LogP contribution in [0.15, 0.2) is 23.1 Å². The number of aryl methyl sites for hydroxylation is 1. The van der Waals surface area contributed by atoms with E-state index in [2.05, 4.69) is 14.9 Å². The third kappa shape index (κ3) is 4.26. The van der Waals surface area contributed by atoms with Gasteiger partial charge in [0.2, 0.25) is 10.0 Å². The Morgan fingerprint density at radius 2 is 2.14 bits per heavy atom. The normalized spacial score (nSPS) is 20.0. The first-order valence-corrected chi connectivity index (χ1v) is 8.92. The number of hydrogen-bond donors (Lipinski definition) is 2. The van der Waals surface area contributed by atoms with Crippen molar-refractivity contribution in [2.24, 2.45) is 0 Å². The molecule has 0 radical (unpaired) electrons. The lowest BCUT2D eigenvalue weighted by atomic mass is 10.1. The molecule has 0 aliphatic carbocycles. The van der Waals surface area contributed by atoms with Crippen molar-refractivity contribution in [2.45, 2.75) is 37.8 Å². The van der Waals surface area contributed by atoms with Crippen molar-refractivity contribution in [1.82, 2.24) is 14.9 Å². The first-order valence-electron chi connectivity index (χ1n) is 7.43. The summed E-state index contributed by atoms with van der Waals surface area (Å²) < 4.78 is 28.0. The fraction of sp³-hybridized carbons (Fsp3) is 0.600. The topological polar surface area (TPSA) is 61.4 Å². The number of nitrogens with zero attached hydrogens (tertiary/aromatic N) is 1. The van der Waals surface area contributed by atoms with Crippen LogP contribution in [0.2, 0.25) is 0 Å². The minimum absolute atomic E-state index is 0.0109. The van der Waals surface area contributed by atoms with Crippen LogP contribution in [-0.4, -0.2) is 46.0 Å². The maximum Gasteiger partial charge on any atom is 0.241 e. The molecule has 118 valence electrons. The molecule has 0 spiro atoms. The maximum atomic E-state index is 12.6. The van der Waals surface area contributed by atoms with Crippen LogP contribution in [0.5, 0.6) is 0 Å². The van der Waals surface area contributed by atoms with Gasteiger partial charge in [0.25, 0.3) is 0 Å². The van der Waals surface area contributed by atoms with Gasteiger partial charge in [0.05, 0.1) is 4.90 Å². The minimum atomic E-state index is -3.45. The summed E-state index contributed by atoms with van der Waals surface area (Å²) in [5.41, 5.74) is 1.78. The van der Waals surface area contributed by atoms with Crippen molar-refractivity contribution in [3.8, 4) is 0 Å². The number of rotatable bonds is 6. The lowest BCUT2D eigenvalue weighted by Crippen LogP contribution is -2.36. The van der Waals surface area contributed by atoms with Crippen LogP contribution in [0.25, 0.3) is 0 Å². The number of likely N-dealkylation sites (N-methyl/N-ethyl adjacent to an activating group) is 1. The Labute approximate surface area is 127 Å². The molecule has 1 saturated heterocycles. The lowest BCUT2D eigenvalue weighted by Gasteiger charge is -2.15. The summed E-state index contributed by atoms with van der Waals surface area (Å²) in [6.45, 7) is 7.13. The Morgan fingerprint density at radius 1 is 1.38 bits per heavy atom. The van der Waals surface area contributed by atoms with E-state index in [1.165, 1.54) is 0 Å². The minimum Gasteiger partial charge on any atom is -0.313 e. The molecule has 0 amide bonds. The molecule has 2 rings (SSSR count). The predicted molar refractivity (Wildman–Crippen MR) is 84.8 cm³/mol. The average molecular weight is 311 g/mol. The van der Waals surface area contributed by atoms with Gasteiger partial charge in [0.1, 0.15) is 0 Å². The third-order valence-electron chi connectivity index (χ3n) is 3.83. The summed E-state index contributed by atoms with van der Waals surface area (Å²) in [7, 11) is -1.44. The molecule has 1 atom stereocenters. The largest absolute Gasteiger partial charge is 0.313 e. The van der Waals surface area contributed by atoms with Gasteiger partial charge < -0.3 is 10.2 Å². The monoisotopic (exact) mass is 311 g/mol. The van der Waals surface area contributed by atoms with Crippen LogP contribution >= 0.6 is 0 Å². The van der Waals surface area contributed by atoms with Gasteiger partial charge in [-0.2, -0.15) is 0 Å². The molecule has 1 aromatic rings. The van der Waals surface area contributed by atoms with Gasteiger partial charge in [-0.1, -0.05) is 19.1 Å². The SMILES string of the molecule is CCNCc1ccc(C)c(S(=O)(=O)NC2CCN(C)C2)c1. The first-order chi connectivity index (χ1) is 9.92. The fourth-order valence-corrected chi connectivity index (χ4v) is 4.18. The highest BCUT2D eigenvalue weighted by Gasteiger charge is 2.26. The molecule has 5 nitrogen and oxygen atoms in total. The zero-order valence-electron chi connectivity index (χ0n) is 13.0. The van der Waals surface area contributed by atoms with Crippen molar-refractivity contribution < 1.29 is 8.42 Å². The third-order valence-corrected chi connectivity index (χ3v) is 5.50. The summed E-state index contributed by atoms with van der Waals surface area (Å²) in [4.78, 5) is 2.54. The summed E-state index contributed by atoms with van der Waals surface area (Å²) >= 11 is 0. The highest BCUT2D eigenvalue weighted by Crippen LogP contribution is 2.19. The molecule has 6 heteroatoms. The Kier molecular flexibility index (Phi) is 5.37. The van der Waals surface area contributed by atoms with E-state index in [0.29, 0.717) is 11.4 Å². The standard InChI is InChI=1S/C15H25N3O2S/c1-4-16-10-13-6-5-12(2)15(9-13)21(19,20)17-14-7-8-18(3)11-14/h5-6,9,14,16-17H,4,7-8,10-11H2,1-3H3. The molecule has 1 fully saturated rings. The predicted octanol–water partition coefficient (Wildman–Crippen LogP) is 1.09. The highest BCUT2D eigenvalue weighted by molar-refractivity contribution is 7.89. The van der Waals surface area contributed by atoms with Gasteiger partial charge in [0.15, 0.2) is 0 Å². The summed E-state index contributed by atoms with van der Waals surface area (Å²) in [5, 5.41) is 3.22. The van der Waals surface area contributed by atoms with Crippen LogP contribution in [0, 0.1) is 6.92 Å².